The lowest BCUT2D eigenvalue weighted by atomic mass is 10.1. The zero-order chi connectivity index (χ0) is 21.1. The average Bonchev–Trinajstić information content (AvgIpc) is 3.30. The van der Waals surface area contributed by atoms with Crippen molar-refractivity contribution in [3.8, 4) is 11.1 Å². The van der Waals surface area contributed by atoms with E-state index in [0.29, 0.717) is 10.7 Å². The number of para-hydroxylation sites is 1. The van der Waals surface area contributed by atoms with Crippen LogP contribution in [-0.2, 0) is 9.59 Å². The van der Waals surface area contributed by atoms with Crippen LogP contribution in [0.5, 0.6) is 0 Å². The molecule has 0 atom stereocenters. The molecule has 1 saturated heterocycles. The van der Waals surface area contributed by atoms with Crippen LogP contribution in [0.2, 0.25) is 5.02 Å². The fourth-order valence-electron chi connectivity index (χ4n) is 2.95. The predicted molar refractivity (Wildman–Crippen MR) is 118 cm³/mol. The Hall–Kier alpha value is -3.42. The lowest BCUT2D eigenvalue weighted by molar-refractivity contribution is -0.127. The molecule has 2 N–H and O–H groups in total. The van der Waals surface area contributed by atoms with Crippen molar-refractivity contribution in [2.24, 2.45) is 0 Å². The number of nitrogens with zero attached hydrogens (tertiary/aromatic N) is 1. The van der Waals surface area contributed by atoms with E-state index >= 15 is 0 Å². The van der Waals surface area contributed by atoms with Crippen LogP contribution in [0.4, 0.5) is 10.5 Å². The number of carbonyl (C=O) groups excluding carboxylic acids is 3. The van der Waals surface area contributed by atoms with Crippen molar-refractivity contribution in [1.82, 2.24) is 10.2 Å². The number of rotatable bonds is 5. The monoisotopic (exact) mass is 437 g/mol. The molecule has 2 aromatic carbocycles. The number of amides is 4. The minimum absolute atomic E-state index is 0.136. The maximum atomic E-state index is 12.6. The van der Waals surface area contributed by atoms with Gasteiger partial charge in [-0.05, 0) is 52.9 Å². The predicted octanol–water partition coefficient (Wildman–Crippen LogP) is 4.60. The first-order chi connectivity index (χ1) is 14.5. The summed E-state index contributed by atoms with van der Waals surface area (Å²) in [7, 11) is 0. The van der Waals surface area contributed by atoms with E-state index in [2.05, 4.69) is 10.6 Å². The highest BCUT2D eigenvalue weighted by Gasteiger charge is 2.35. The van der Waals surface area contributed by atoms with Gasteiger partial charge in [0.05, 0.1) is 0 Å². The van der Waals surface area contributed by atoms with Crippen LogP contribution in [0.1, 0.15) is 4.88 Å². The molecular weight excluding hydrogens is 422 g/mol. The molecule has 0 unspecified atom stereocenters. The van der Waals surface area contributed by atoms with Gasteiger partial charge in [-0.25, -0.2) is 9.69 Å². The zero-order valence-corrected chi connectivity index (χ0v) is 17.2. The molecule has 30 heavy (non-hydrogen) atoms. The van der Waals surface area contributed by atoms with E-state index < -0.39 is 17.8 Å². The number of carbonyl (C=O) groups is 3. The summed E-state index contributed by atoms with van der Waals surface area (Å²) in [5, 5.41) is 7.82. The molecular formula is C22H16ClN3O3S. The van der Waals surface area contributed by atoms with Crippen molar-refractivity contribution in [3.05, 3.63) is 81.6 Å². The summed E-state index contributed by atoms with van der Waals surface area (Å²) in [6.45, 7) is -0.364. The Morgan fingerprint density at radius 2 is 1.80 bits per heavy atom. The Morgan fingerprint density at radius 1 is 1.07 bits per heavy atom. The second-order valence-electron chi connectivity index (χ2n) is 6.54. The summed E-state index contributed by atoms with van der Waals surface area (Å²) in [5.41, 5.74) is 2.72. The van der Waals surface area contributed by atoms with Crippen molar-refractivity contribution in [1.29, 1.82) is 0 Å². The van der Waals surface area contributed by atoms with Gasteiger partial charge >= 0.3 is 6.03 Å². The molecule has 1 aliphatic rings. The van der Waals surface area contributed by atoms with Crippen molar-refractivity contribution >= 4 is 52.5 Å². The Bertz CT molecular complexity index is 1140. The Kier molecular flexibility index (Phi) is 5.65. The minimum atomic E-state index is -0.621. The molecule has 8 heteroatoms. The van der Waals surface area contributed by atoms with Crippen LogP contribution < -0.4 is 10.6 Å². The fraction of sp³-hybridized carbons (Fsp3) is 0.0455. The molecule has 1 fully saturated rings. The molecule has 0 saturated carbocycles. The van der Waals surface area contributed by atoms with Crippen molar-refractivity contribution in [2.45, 2.75) is 0 Å². The number of urea groups is 1. The fourth-order valence-corrected chi connectivity index (χ4v) is 3.92. The van der Waals surface area contributed by atoms with Crippen LogP contribution in [0.25, 0.3) is 17.2 Å². The van der Waals surface area contributed by atoms with Crippen molar-refractivity contribution < 1.29 is 14.4 Å². The molecule has 4 rings (SSSR count). The molecule has 6 nitrogen and oxygen atoms in total. The molecule has 3 aromatic rings. The molecule has 1 aromatic heterocycles. The van der Waals surface area contributed by atoms with Crippen molar-refractivity contribution in [2.75, 3.05) is 11.9 Å². The number of anilines is 1. The van der Waals surface area contributed by atoms with Gasteiger partial charge in [0.1, 0.15) is 12.2 Å². The molecule has 2 heterocycles. The summed E-state index contributed by atoms with van der Waals surface area (Å²) in [5.74, 6) is -0.989. The molecule has 0 aliphatic carbocycles. The molecule has 1 aliphatic heterocycles. The van der Waals surface area contributed by atoms with Gasteiger partial charge in [0.15, 0.2) is 0 Å². The first-order valence-corrected chi connectivity index (χ1v) is 10.3. The number of nitrogens with one attached hydrogen (secondary N) is 2. The molecule has 150 valence electrons. The second-order valence-corrected chi connectivity index (χ2v) is 7.92. The van der Waals surface area contributed by atoms with E-state index in [-0.39, 0.29) is 12.2 Å². The van der Waals surface area contributed by atoms with Gasteiger partial charge in [-0.1, -0.05) is 41.9 Å². The van der Waals surface area contributed by atoms with E-state index in [1.807, 2.05) is 41.8 Å². The van der Waals surface area contributed by atoms with Crippen LogP contribution in [0, 0.1) is 0 Å². The average molecular weight is 438 g/mol. The van der Waals surface area contributed by atoms with E-state index in [1.54, 1.807) is 30.3 Å². The van der Waals surface area contributed by atoms with Crippen LogP contribution in [0.15, 0.2) is 71.7 Å². The van der Waals surface area contributed by atoms with Crippen LogP contribution in [-0.4, -0.2) is 29.3 Å². The third-order valence-corrected chi connectivity index (χ3v) is 5.54. The second kappa shape index (κ2) is 8.52. The normalized spacial score (nSPS) is 14.8. The minimum Gasteiger partial charge on any atom is -0.325 e. The van der Waals surface area contributed by atoms with E-state index in [1.165, 1.54) is 11.3 Å². The summed E-state index contributed by atoms with van der Waals surface area (Å²) in [4.78, 5) is 38.7. The largest absolute Gasteiger partial charge is 0.329 e. The van der Waals surface area contributed by atoms with Gasteiger partial charge in [0, 0.05) is 15.6 Å². The Labute approximate surface area is 181 Å². The number of hydrogen-bond acceptors (Lipinski definition) is 4. The third-order valence-electron chi connectivity index (χ3n) is 4.41. The van der Waals surface area contributed by atoms with E-state index in [4.69, 9.17) is 11.6 Å². The van der Waals surface area contributed by atoms with Gasteiger partial charge in [-0.3, -0.25) is 9.59 Å². The maximum absolute atomic E-state index is 12.6. The zero-order valence-electron chi connectivity index (χ0n) is 15.6. The third kappa shape index (κ3) is 4.42. The molecule has 0 bridgehead atoms. The summed E-state index contributed by atoms with van der Waals surface area (Å²) >= 11 is 7.37. The number of benzene rings is 2. The SMILES string of the molecule is O=C(CN1C(=O)NC(=Cc2cc(-c3ccc(Cl)cc3)cs2)C1=O)Nc1ccccc1. The highest BCUT2D eigenvalue weighted by atomic mass is 35.5. The summed E-state index contributed by atoms with van der Waals surface area (Å²) in [6, 6.07) is 17.6. The Morgan fingerprint density at radius 3 is 2.53 bits per heavy atom. The van der Waals surface area contributed by atoms with E-state index in [0.717, 1.165) is 20.9 Å². The number of imide groups is 1. The van der Waals surface area contributed by atoms with Gasteiger partial charge in [-0.2, -0.15) is 0 Å². The maximum Gasteiger partial charge on any atom is 0.329 e. The quantitative estimate of drug-likeness (QED) is 0.452. The number of hydrogen-bond donors (Lipinski definition) is 2. The Balaban J connectivity index is 1.45. The first-order valence-electron chi connectivity index (χ1n) is 9.03. The lowest BCUT2D eigenvalue weighted by Crippen LogP contribution is -2.38. The summed E-state index contributed by atoms with van der Waals surface area (Å²) in [6.07, 6.45) is 1.61. The highest BCUT2D eigenvalue weighted by molar-refractivity contribution is 7.11. The smallest absolute Gasteiger partial charge is 0.325 e. The standard InChI is InChI=1S/C22H16ClN3O3S/c23-16-8-6-14(7-9-16)15-10-18(30-13-15)11-19-21(28)26(22(29)25-19)12-20(27)24-17-4-2-1-3-5-17/h1-11,13H,12H2,(H,24,27)(H,25,29). The first kappa shape index (κ1) is 19.9. The molecule has 4 amide bonds. The topological polar surface area (TPSA) is 78.5 Å². The number of halogens is 1. The van der Waals surface area contributed by atoms with E-state index in [9.17, 15) is 14.4 Å². The van der Waals surface area contributed by atoms with Gasteiger partial charge in [-0.15, -0.1) is 11.3 Å². The lowest BCUT2D eigenvalue weighted by Gasteiger charge is -2.11. The number of thiophene rings is 1. The highest BCUT2D eigenvalue weighted by Crippen LogP contribution is 2.28. The van der Waals surface area contributed by atoms with Gasteiger partial charge in [0.25, 0.3) is 5.91 Å². The van der Waals surface area contributed by atoms with Gasteiger partial charge in [0.2, 0.25) is 5.91 Å². The summed E-state index contributed by atoms with van der Waals surface area (Å²) < 4.78 is 0. The van der Waals surface area contributed by atoms with Crippen LogP contribution >= 0.6 is 22.9 Å². The van der Waals surface area contributed by atoms with Crippen molar-refractivity contribution in [3.63, 3.8) is 0 Å². The molecule has 0 radical (unpaired) electrons. The molecule has 0 spiro atoms. The van der Waals surface area contributed by atoms with Crippen LogP contribution in [0.3, 0.4) is 0 Å². The van der Waals surface area contributed by atoms with Gasteiger partial charge < -0.3 is 10.6 Å².